The lowest BCUT2D eigenvalue weighted by molar-refractivity contribution is 1.69. The molecule has 52 heavy (non-hydrogen) atoms. The summed E-state index contributed by atoms with van der Waals surface area (Å²) in [4.78, 5) is 0. The Kier molecular flexibility index (Phi) is 6.35. The highest BCUT2D eigenvalue weighted by Crippen LogP contribution is 2.51. The Morgan fingerprint density at radius 2 is 0.558 bits per heavy atom. The number of rotatable bonds is 3. The highest BCUT2D eigenvalue weighted by atomic mass is 14.3. The van der Waals surface area contributed by atoms with E-state index < -0.39 is 0 Å². The Bertz CT molecular complexity index is 3120. The van der Waals surface area contributed by atoms with E-state index in [4.69, 9.17) is 0 Å². The molecule has 0 nitrogen and oxygen atoms in total. The Hall–Kier alpha value is -6.76. The normalized spacial score (nSPS) is 11.8. The van der Waals surface area contributed by atoms with Gasteiger partial charge in [0.2, 0.25) is 0 Å². The molecule has 0 aliphatic carbocycles. The largest absolute Gasteiger partial charge is 0.0616 e. The van der Waals surface area contributed by atoms with E-state index in [0.29, 0.717) is 0 Å². The van der Waals surface area contributed by atoms with Gasteiger partial charge >= 0.3 is 0 Å². The maximum absolute atomic E-state index is 2.41. The Morgan fingerprint density at radius 1 is 0.192 bits per heavy atom. The first-order valence-corrected chi connectivity index (χ1v) is 18.1. The average Bonchev–Trinajstić information content (AvgIpc) is 3.22. The van der Waals surface area contributed by atoms with Gasteiger partial charge in [0.1, 0.15) is 0 Å². The highest BCUT2D eigenvalue weighted by Gasteiger charge is 2.23. The molecule has 0 fully saturated rings. The Balaban J connectivity index is 1.30. The summed E-state index contributed by atoms with van der Waals surface area (Å²) in [5.74, 6) is 0. The molecule has 11 rings (SSSR count). The zero-order valence-electron chi connectivity index (χ0n) is 28.5. The van der Waals surface area contributed by atoms with Gasteiger partial charge in [-0.1, -0.05) is 182 Å². The van der Waals surface area contributed by atoms with Crippen molar-refractivity contribution in [2.24, 2.45) is 0 Å². The average molecular weight is 657 g/mol. The van der Waals surface area contributed by atoms with Crippen LogP contribution in [0, 0.1) is 0 Å². The minimum atomic E-state index is 1.24. The van der Waals surface area contributed by atoms with Crippen LogP contribution in [0.5, 0.6) is 0 Å². The molecule has 0 atom stereocenters. The molecule has 11 aromatic carbocycles. The van der Waals surface area contributed by atoms with Crippen LogP contribution in [0.25, 0.3) is 109 Å². The van der Waals surface area contributed by atoms with E-state index in [2.05, 4.69) is 194 Å². The summed E-state index contributed by atoms with van der Waals surface area (Å²) in [6.07, 6.45) is 0. The van der Waals surface area contributed by atoms with E-state index in [1.807, 2.05) is 0 Å². The molecule has 240 valence electrons. The zero-order valence-corrected chi connectivity index (χ0v) is 28.5. The van der Waals surface area contributed by atoms with Gasteiger partial charge in [0.05, 0.1) is 0 Å². The fraction of sp³-hybridized carbons (Fsp3) is 0. The lowest BCUT2D eigenvalue weighted by Gasteiger charge is -2.23. The maximum Gasteiger partial charge on any atom is -0.00139 e. The molecule has 0 saturated carbocycles. The number of benzene rings is 11. The van der Waals surface area contributed by atoms with E-state index in [9.17, 15) is 0 Å². The minimum Gasteiger partial charge on any atom is -0.0616 e. The molecule has 0 aliphatic heterocycles. The molecule has 0 N–H and O–H groups in total. The quantitative estimate of drug-likeness (QED) is 0.131. The molecule has 0 aliphatic rings. The molecule has 0 bridgehead atoms. The van der Waals surface area contributed by atoms with Crippen LogP contribution in [0.15, 0.2) is 194 Å². The van der Waals surface area contributed by atoms with E-state index >= 15 is 0 Å². The van der Waals surface area contributed by atoms with E-state index in [1.54, 1.807) is 0 Å². The van der Waals surface area contributed by atoms with Crippen LogP contribution in [0.4, 0.5) is 0 Å². The smallest absolute Gasteiger partial charge is 0.00139 e. The van der Waals surface area contributed by atoms with Crippen LogP contribution >= 0.6 is 0 Å². The summed E-state index contributed by atoms with van der Waals surface area (Å²) in [6.45, 7) is 0. The van der Waals surface area contributed by atoms with Gasteiger partial charge in [-0.15, -0.1) is 0 Å². The van der Waals surface area contributed by atoms with Gasteiger partial charge in [-0.2, -0.15) is 0 Å². The van der Waals surface area contributed by atoms with Crippen molar-refractivity contribution in [3.05, 3.63) is 194 Å². The molecule has 0 heteroatoms. The SMILES string of the molecule is c1ccc2cc(-c3c4ccccc4c(-c4c5ccccc5c(-c5cc6ccccc6c6ccccc56)c5ccccc45)c4ccccc34)ccc2c1. The Morgan fingerprint density at radius 3 is 1.08 bits per heavy atom. The molecule has 0 aromatic heterocycles. The van der Waals surface area contributed by atoms with Crippen molar-refractivity contribution >= 4 is 75.4 Å². The van der Waals surface area contributed by atoms with Crippen LogP contribution in [0.2, 0.25) is 0 Å². The second-order valence-corrected chi connectivity index (χ2v) is 13.9. The van der Waals surface area contributed by atoms with Crippen molar-refractivity contribution in [3.8, 4) is 33.4 Å². The van der Waals surface area contributed by atoms with Gasteiger partial charge < -0.3 is 0 Å². The molecule has 0 heterocycles. The van der Waals surface area contributed by atoms with Gasteiger partial charge in [0, 0.05) is 0 Å². The standard InChI is InChI=1S/C52H32/c1-2-16-34-31-36(30-29-33(34)15-1)49-40-21-7-11-25-44(40)51(45-26-12-8-22-41(45)49)52-46-27-13-9-23-42(46)50(43-24-10-14-28-47(43)52)48-32-35-17-3-4-18-37(35)38-19-5-6-20-39(38)48/h1-32H. The molecular formula is C52H32. The van der Waals surface area contributed by atoms with Crippen LogP contribution < -0.4 is 0 Å². The van der Waals surface area contributed by atoms with Crippen LogP contribution in [-0.2, 0) is 0 Å². The maximum atomic E-state index is 2.41. The van der Waals surface area contributed by atoms with E-state index in [-0.39, 0.29) is 0 Å². The van der Waals surface area contributed by atoms with Crippen molar-refractivity contribution in [1.82, 2.24) is 0 Å². The third-order valence-electron chi connectivity index (χ3n) is 11.2. The summed E-state index contributed by atoms with van der Waals surface area (Å²) >= 11 is 0. The molecule has 0 saturated heterocycles. The topological polar surface area (TPSA) is 0 Å². The highest BCUT2D eigenvalue weighted by molar-refractivity contribution is 6.31. The number of hydrogen-bond acceptors (Lipinski definition) is 0. The molecular weight excluding hydrogens is 625 g/mol. The number of hydrogen-bond donors (Lipinski definition) is 0. The molecule has 0 amide bonds. The van der Waals surface area contributed by atoms with Crippen molar-refractivity contribution in [1.29, 1.82) is 0 Å². The predicted octanol–water partition coefficient (Wildman–Crippen LogP) is 14.8. The van der Waals surface area contributed by atoms with Gasteiger partial charge in [-0.25, -0.2) is 0 Å². The first-order chi connectivity index (χ1) is 25.8. The molecule has 0 radical (unpaired) electrons. The van der Waals surface area contributed by atoms with E-state index in [1.165, 1.54) is 109 Å². The lowest BCUT2D eigenvalue weighted by Crippen LogP contribution is -1.95. The fourth-order valence-corrected chi connectivity index (χ4v) is 9.00. The second kappa shape index (κ2) is 11.4. The van der Waals surface area contributed by atoms with Gasteiger partial charge in [0.15, 0.2) is 0 Å². The third-order valence-corrected chi connectivity index (χ3v) is 11.2. The predicted molar refractivity (Wildman–Crippen MR) is 225 cm³/mol. The summed E-state index contributed by atoms with van der Waals surface area (Å²) in [6, 6.07) is 71.9. The lowest BCUT2D eigenvalue weighted by atomic mass is 9.80. The van der Waals surface area contributed by atoms with Gasteiger partial charge in [-0.05, 0) is 121 Å². The summed E-state index contributed by atoms with van der Waals surface area (Å²) < 4.78 is 0. The molecule has 11 aromatic rings. The van der Waals surface area contributed by atoms with Crippen molar-refractivity contribution in [3.63, 3.8) is 0 Å². The third kappa shape index (κ3) is 4.22. The van der Waals surface area contributed by atoms with Crippen LogP contribution in [0.1, 0.15) is 0 Å². The molecule has 0 unspecified atom stereocenters. The monoisotopic (exact) mass is 656 g/mol. The fourth-order valence-electron chi connectivity index (χ4n) is 9.00. The Labute approximate surface area is 301 Å². The van der Waals surface area contributed by atoms with E-state index in [0.717, 1.165) is 0 Å². The van der Waals surface area contributed by atoms with Crippen molar-refractivity contribution in [2.45, 2.75) is 0 Å². The first-order valence-electron chi connectivity index (χ1n) is 18.1. The number of fused-ring (bicyclic) bond motifs is 8. The molecule has 0 spiro atoms. The zero-order chi connectivity index (χ0) is 34.2. The minimum absolute atomic E-state index is 1.24. The van der Waals surface area contributed by atoms with Gasteiger partial charge in [-0.3, -0.25) is 0 Å². The summed E-state index contributed by atoms with van der Waals surface area (Å²) in [7, 11) is 0. The summed E-state index contributed by atoms with van der Waals surface area (Å²) in [5, 5.41) is 17.8. The first kappa shape index (κ1) is 29.0. The van der Waals surface area contributed by atoms with Crippen molar-refractivity contribution < 1.29 is 0 Å². The second-order valence-electron chi connectivity index (χ2n) is 13.9. The van der Waals surface area contributed by atoms with Crippen LogP contribution in [-0.4, -0.2) is 0 Å². The summed E-state index contributed by atoms with van der Waals surface area (Å²) in [5.41, 5.74) is 7.67. The van der Waals surface area contributed by atoms with Crippen LogP contribution in [0.3, 0.4) is 0 Å². The van der Waals surface area contributed by atoms with Crippen molar-refractivity contribution in [2.75, 3.05) is 0 Å². The van der Waals surface area contributed by atoms with Gasteiger partial charge in [0.25, 0.3) is 0 Å².